The van der Waals surface area contributed by atoms with Gasteiger partial charge in [0.2, 0.25) is 0 Å². The van der Waals surface area contributed by atoms with Crippen molar-refractivity contribution in [3.63, 3.8) is 0 Å². The number of para-hydroxylation sites is 1. The summed E-state index contributed by atoms with van der Waals surface area (Å²) in [6.45, 7) is 3.46. The minimum atomic E-state index is -1.01. The maximum absolute atomic E-state index is 12.9. The predicted molar refractivity (Wildman–Crippen MR) is 111 cm³/mol. The van der Waals surface area contributed by atoms with Crippen molar-refractivity contribution in [2.24, 2.45) is 0 Å². The number of aryl methyl sites for hydroxylation is 1. The Bertz CT molecular complexity index is 1040. The normalized spacial score (nSPS) is 11.7. The van der Waals surface area contributed by atoms with Gasteiger partial charge in [-0.2, -0.15) is 5.10 Å². The molecular formula is C22H21ClFN3O3. The molecule has 30 heavy (non-hydrogen) atoms. The Hall–Kier alpha value is -3.19. The number of amides is 1. The van der Waals surface area contributed by atoms with Crippen LogP contribution in [0.1, 0.15) is 28.5 Å². The second-order valence-electron chi connectivity index (χ2n) is 6.71. The summed E-state index contributed by atoms with van der Waals surface area (Å²) in [6, 6.07) is 15.2. The molecule has 0 bridgehead atoms. The van der Waals surface area contributed by atoms with Crippen LogP contribution in [-0.4, -0.2) is 34.3 Å². The zero-order valence-corrected chi connectivity index (χ0v) is 17.3. The first-order valence-electron chi connectivity index (χ1n) is 9.40. The van der Waals surface area contributed by atoms with E-state index in [2.05, 4.69) is 10.4 Å². The van der Waals surface area contributed by atoms with Crippen LogP contribution in [0.2, 0.25) is 5.15 Å². The number of rotatable bonds is 7. The molecular weight excluding hydrogens is 409 g/mol. The van der Waals surface area contributed by atoms with Crippen LogP contribution < -0.4 is 5.32 Å². The second-order valence-corrected chi connectivity index (χ2v) is 7.07. The molecule has 3 rings (SSSR count). The minimum Gasteiger partial charge on any atom is -0.449 e. The van der Waals surface area contributed by atoms with Crippen LogP contribution >= 0.6 is 11.6 Å². The molecule has 0 spiro atoms. The van der Waals surface area contributed by atoms with Crippen LogP contribution in [0.5, 0.6) is 0 Å². The zero-order valence-electron chi connectivity index (χ0n) is 16.6. The third-order valence-corrected chi connectivity index (χ3v) is 4.84. The van der Waals surface area contributed by atoms with E-state index in [-0.39, 0.29) is 16.5 Å². The number of hydrogen-bond acceptors (Lipinski definition) is 4. The van der Waals surface area contributed by atoms with E-state index < -0.39 is 18.0 Å². The summed E-state index contributed by atoms with van der Waals surface area (Å²) >= 11 is 6.36. The fourth-order valence-corrected chi connectivity index (χ4v) is 3.22. The largest absolute Gasteiger partial charge is 0.449 e. The molecule has 0 aliphatic heterocycles. The first-order valence-corrected chi connectivity index (χ1v) is 9.78. The molecule has 0 fully saturated rings. The Morgan fingerprint density at radius 3 is 2.50 bits per heavy atom. The number of halogens is 2. The Morgan fingerprint density at radius 1 is 1.17 bits per heavy atom. The van der Waals surface area contributed by atoms with Crippen molar-refractivity contribution in [3.8, 4) is 5.69 Å². The van der Waals surface area contributed by atoms with E-state index in [1.54, 1.807) is 19.1 Å². The Balaban J connectivity index is 1.59. The van der Waals surface area contributed by atoms with Crippen LogP contribution in [0.4, 0.5) is 4.39 Å². The smallest absolute Gasteiger partial charge is 0.344 e. The van der Waals surface area contributed by atoms with Crippen molar-refractivity contribution in [3.05, 3.63) is 82.4 Å². The van der Waals surface area contributed by atoms with Gasteiger partial charge in [0.1, 0.15) is 16.5 Å². The summed E-state index contributed by atoms with van der Waals surface area (Å²) < 4.78 is 19.7. The molecule has 1 atom stereocenters. The number of nitrogens with zero attached hydrogens (tertiary/aromatic N) is 2. The van der Waals surface area contributed by atoms with E-state index in [1.165, 1.54) is 23.7 Å². The highest BCUT2D eigenvalue weighted by atomic mass is 35.5. The van der Waals surface area contributed by atoms with Crippen LogP contribution in [0.15, 0.2) is 54.6 Å². The summed E-state index contributed by atoms with van der Waals surface area (Å²) in [5, 5.41) is 7.12. The molecule has 1 heterocycles. The number of hydrogen-bond donors (Lipinski definition) is 1. The molecule has 3 aromatic rings. The van der Waals surface area contributed by atoms with Crippen molar-refractivity contribution in [2.45, 2.75) is 26.4 Å². The minimum absolute atomic E-state index is 0.117. The molecule has 0 aliphatic carbocycles. The van der Waals surface area contributed by atoms with Crippen LogP contribution in [0.25, 0.3) is 5.69 Å². The molecule has 0 saturated carbocycles. The molecule has 1 unspecified atom stereocenters. The lowest BCUT2D eigenvalue weighted by Crippen LogP contribution is -2.37. The van der Waals surface area contributed by atoms with Gasteiger partial charge in [0.05, 0.1) is 11.4 Å². The van der Waals surface area contributed by atoms with E-state index >= 15 is 0 Å². The maximum atomic E-state index is 12.9. The van der Waals surface area contributed by atoms with Gasteiger partial charge >= 0.3 is 5.97 Å². The van der Waals surface area contributed by atoms with Crippen molar-refractivity contribution in [1.29, 1.82) is 0 Å². The molecule has 1 amide bonds. The summed E-state index contributed by atoms with van der Waals surface area (Å²) in [4.78, 5) is 24.8. The van der Waals surface area contributed by atoms with Crippen molar-refractivity contribution in [2.75, 3.05) is 6.54 Å². The van der Waals surface area contributed by atoms with Crippen LogP contribution in [0.3, 0.4) is 0 Å². The third kappa shape index (κ3) is 5.04. The van der Waals surface area contributed by atoms with Gasteiger partial charge in [-0.1, -0.05) is 41.9 Å². The van der Waals surface area contributed by atoms with E-state index in [4.69, 9.17) is 16.3 Å². The quantitative estimate of drug-likeness (QED) is 0.578. The van der Waals surface area contributed by atoms with Gasteiger partial charge in [0.15, 0.2) is 6.10 Å². The number of carbonyl (C=O) groups is 2. The molecule has 0 saturated heterocycles. The van der Waals surface area contributed by atoms with Crippen molar-refractivity contribution in [1.82, 2.24) is 15.1 Å². The number of aromatic nitrogens is 2. The monoisotopic (exact) mass is 429 g/mol. The van der Waals surface area contributed by atoms with E-state index in [9.17, 15) is 14.0 Å². The molecule has 6 nitrogen and oxygen atoms in total. The third-order valence-electron chi connectivity index (χ3n) is 4.49. The highest BCUT2D eigenvalue weighted by Gasteiger charge is 2.26. The molecule has 0 radical (unpaired) electrons. The summed E-state index contributed by atoms with van der Waals surface area (Å²) in [7, 11) is 0. The summed E-state index contributed by atoms with van der Waals surface area (Å²) in [5.41, 5.74) is 2.11. The highest BCUT2D eigenvalue weighted by Crippen LogP contribution is 2.24. The highest BCUT2D eigenvalue weighted by molar-refractivity contribution is 6.33. The topological polar surface area (TPSA) is 73.2 Å². The van der Waals surface area contributed by atoms with Crippen molar-refractivity contribution >= 4 is 23.5 Å². The molecule has 156 valence electrons. The van der Waals surface area contributed by atoms with E-state index in [0.717, 1.165) is 5.56 Å². The predicted octanol–water partition coefficient (Wildman–Crippen LogP) is 3.88. The van der Waals surface area contributed by atoms with E-state index in [0.29, 0.717) is 24.3 Å². The zero-order chi connectivity index (χ0) is 21.7. The molecule has 0 aliphatic rings. The Kier molecular flexibility index (Phi) is 6.84. The number of ether oxygens (including phenoxy) is 1. The average Bonchev–Trinajstić information content (AvgIpc) is 3.04. The lowest BCUT2D eigenvalue weighted by atomic mass is 10.1. The molecule has 1 aromatic heterocycles. The first-order chi connectivity index (χ1) is 14.4. The summed E-state index contributed by atoms with van der Waals surface area (Å²) in [6.07, 6.45) is -0.483. The molecule has 1 N–H and O–H groups in total. The number of benzene rings is 2. The van der Waals surface area contributed by atoms with Gasteiger partial charge in [-0.15, -0.1) is 0 Å². The second kappa shape index (κ2) is 9.54. The summed E-state index contributed by atoms with van der Waals surface area (Å²) in [5.74, 6) is -1.47. The number of nitrogens with one attached hydrogen (secondary N) is 1. The van der Waals surface area contributed by atoms with Crippen LogP contribution in [-0.2, 0) is 16.0 Å². The standard InChI is InChI=1S/C22H21ClFN3O3/c1-14-19(20(23)27(26-14)18-6-4-3-5-7-18)22(29)30-15(2)21(28)25-13-12-16-8-10-17(24)11-9-16/h3-11,15H,12-13H2,1-2H3,(H,25,28). The number of carbonyl (C=O) groups excluding carboxylic acids is 2. The fraction of sp³-hybridized carbons (Fsp3) is 0.227. The molecule has 8 heteroatoms. The lowest BCUT2D eigenvalue weighted by Gasteiger charge is -2.13. The average molecular weight is 430 g/mol. The van der Waals surface area contributed by atoms with Gasteiger partial charge in [-0.3, -0.25) is 4.79 Å². The lowest BCUT2D eigenvalue weighted by molar-refractivity contribution is -0.129. The van der Waals surface area contributed by atoms with Gasteiger partial charge in [0, 0.05) is 6.54 Å². The maximum Gasteiger partial charge on any atom is 0.344 e. The Morgan fingerprint density at radius 2 is 1.83 bits per heavy atom. The molecule has 2 aromatic carbocycles. The van der Waals surface area contributed by atoms with Crippen molar-refractivity contribution < 1.29 is 18.7 Å². The number of esters is 1. The Labute approximate surface area is 178 Å². The van der Waals surface area contributed by atoms with Gasteiger partial charge in [-0.25, -0.2) is 13.9 Å². The SMILES string of the molecule is Cc1nn(-c2ccccc2)c(Cl)c1C(=O)OC(C)C(=O)NCCc1ccc(F)cc1. The van der Waals surface area contributed by atoms with Gasteiger partial charge in [0.25, 0.3) is 5.91 Å². The first kappa shape index (κ1) is 21.5. The van der Waals surface area contributed by atoms with Gasteiger partial charge in [-0.05, 0) is 50.1 Å². The van der Waals surface area contributed by atoms with E-state index in [1.807, 2.05) is 30.3 Å². The van der Waals surface area contributed by atoms with Crippen LogP contribution in [0, 0.1) is 12.7 Å². The fourth-order valence-electron chi connectivity index (χ4n) is 2.87. The van der Waals surface area contributed by atoms with Gasteiger partial charge < -0.3 is 10.1 Å².